The molecule has 0 aromatic heterocycles. The second-order valence-corrected chi connectivity index (χ2v) is 7.36. The summed E-state index contributed by atoms with van der Waals surface area (Å²) in [4.78, 5) is 34.1. The second-order valence-electron chi connectivity index (χ2n) is 7.36. The minimum absolute atomic E-state index is 0.316. The Labute approximate surface area is 197 Å². The monoisotopic (exact) mass is 452 g/mol. The number of ether oxygens (including phenoxy) is 3. The van der Waals surface area contributed by atoms with E-state index in [4.69, 9.17) is 27.1 Å². The van der Waals surface area contributed by atoms with Crippen molar-refractivity contribution in [2.45, 2.75) is 19.3 Å². The van der Waals surface area contributed by atoms with Crippen LogP contribution in [0.1, 0.15) is 30.5 Å². The molecule has 6 heteroatoms. The molecule has 3 aromatic carbocycles. The molecule has 0 amide bonds. The normalized spacial score (nSPS) is 10.4. The summed E-state index contributed by atoms with van der Waals surface area (Å²) in [6.45, 7) is 3.35. The van der Waals surface area contributed by atoms with E-state index in [1.165, 1.54) is 6.92 Å². The van der Waals surface area contributed by atoms with Gasteiger partial charge in [-0.25, -0.2) is 9.59 Å². The van der Waals surface area contributed by atoms with Gasteiger partial charge >= 0.3 is 17.9 Å². The number of rotatable bonds is 6. The molecule has 0 aliphatic carbocycles. The number of carbonyl (C=O) groups excluding carboxylic acids is 3. The van der Waals surface area contributed by atoms with Gasteiger partial charge in [-0.1, -0.05) is 36.4 Å². The van der Waals surface area contributed by atoms with Crippen molar-refractivity contribution in [3.63, 3.8) is 0 Å². The zero-order valence-corrected chi connectivity index (χ0v) is 18.5. The predicted molar refractivity (Wildman–Crippen MR) is 125 cm³/mol. The highest BCUT2D eigenvalue weighted by Gasteiger charge is 2.31. The Morgan fingerprint density at radius 3 is 1.18 bits per heavy atom. The Morgan fingerprint density at radius 1 is 0.618 bits per heavy atom. The summed E-state index contributed by atoms with van der Waals surface area (Å²) in [6.07, 6.45) is 10.1. The van der Waals surface area contributed by atoms with Crippen LogP contribution in [-0.4, -0.2) is 17.9 Å². The fourth-order valence-electron chi connectivity index (χ4n) is 3.51. The summed E-state index contributed by atoms with van der Waals surface area (Å²) in [6, 6.07) is 21.0. The van der Waals surface area contributed by atoms with E-state index in [0.717, 1.165) is 16.7 Å². The molecule has 0 N–H and O–H groups in total. The molecule has 0 radical (unpaired) electrons. The quantitative estimate of drug-likeness (QED) is 0.185. The Morgan fingerprint density at radius 2 is 0.912 bits per heavy atom. The van der Waals surface area contributed by atoms with Gasteiger partial charge in [-0.05, 0) is 60.0 Å². The molecule has 6 nitrogen and oxygen atoms in total. The third-order valence-electron chi connectivity index (χ3n) is 5.21. The first-order valence-corrected chi connectivity index (χ1v) is 10.1. The maximum Gasteiger partial charge on any atom is 0.389 e. The highest BCUT2D eigenvalue weighted by atomic mass is 16.5. The highest BCUT2D eigenvalue weighted by Crippen LogP contribution is 2.40. The number of terminal acetylenes is 2. The van der Waals surface area contributed by atoms with Gasteiger partial charge in [-0.2, -0.15) is 0 Å². The number of esters is 3. The molecule has 0 saturated heterocycles. The highest BCUT2D eigenvalue weighted by molar-refractivity contribution is 5.89. The average Bonchev–Trinajstić information content (AvgIpc) is 2.84. The lowest BCUT2D eigenvalue weighted by molar-refractivity contribution is -0.132. The molecule has 0 aliphatic rings. The molecule has 168 valence electrons. The molecule has 0 fully saturated rings. The molecule has 0 unspecified atom stereocenters. The number of hydrogen-bond donors (Lipinski definition) is 0. The van der Waals surface area contributed by atoms with Gasteiger partial charge in [0.1, 0.15) is 17.2 Å². The van der Waals surface area contributed by atoms with Crippen LogP contribution in [-0.2, 0) is 19.8 Å². The van der Waals surface area contributed by atoms with E-state index < -0.39 is 23.3 Å². The Balaban J connectivity index is 2.05. The van der Waals surface area contributed by atoms with Crippen molar-refractivity contribution >= 4 is 17.9 Å². The van der Waals surface area contributed by atoms with E-state index in [1.807, 2.05) is 55.2 Å². The average molecular weight is 452 g/mol. The molecular formula is C28H20O6. The minimum atomic E-state index is -0.784. The van der Waals surface area contributed by atoms with E-state index >= 15 is 0 Å². The van der Waals surface area contributed by atoms with Crippen LogP contribution in [0.4, 0.5) is 0 Å². The van der Waals surface area contributed by atoms with Crippen LogP contribution >= 0.6 is 0 Å². The van der Waals surface area contributed by atoms with Crippen LogP contribution < -0.4 is 14.2 Å². The Bertz CT molecular complexity index is 1220. The lowest BCUT2D eigenvalue weighted by Crippen LogP contribution is -2.25. The Hall–Kier alpha value is -4.81. The van der Waals surface area contributed by atoms with Crippen molar-refractivity contribution in [2.75, 3.05) is 0 Å². The van der Waals surface area contributed by atoms with Gasteiger partial charge in [0.25, 0.3) is 0 Å². The van der Waals surface area contributed by atoms with Crippen LogP contribution in [0.3, 0.4) is 0 Å². The molecule has 3 aromatic rings. The first-order valence-electron chi connectivity index (χ1n) is 10.1. The maximum atomic E-state index is 11.4. The number of benzene rings is 3. The van der Waals surface area contributed by atoms with Crippen molar-refractivity contribution < 1.29 is 28.6 Å². The molecule has 0 aliphatic heterocycles. The van der Waals surface area contributed by atoms with Crippen LogP contribution in [0.15, 0.2) is 72.8 Å². The summed E-state index contributed by atoms with van der Waals surface area (Å²) < 4.78 is 15.3. The Kier molecular flexibility index (Phi) is 7.16. The van der Waals surface area contributed by atoms with Gasteiger partial charge in [0.05, 0.1) is 0 Å². The van der Waals surface area contributed by atoms with E-state index in [0.29, 0.717) is 17.2 Å². The smallest absolute Gasteiger partial charge is 0.389 e. The van der Waals surface area contributed by atoms with Gasteiger partial charge in [-0.3, -0.25) is 4.79 Å². The predicted octanol–water partition coefficient (Wildman–Crippen LogP) is 4.04. The molecule has 3 rings (SSSR count). The van der Waals surface area contributed by atoms with E-state index in [2.05, 4.69) is 0 Å². The minimum Gasteiger partial charge on any atom is -0.427 e. The summed E-state index contributed by atoms with van der Waals surface area (Å²) in [5.74, 6) is 2.89. The second kappa shape index (κ2) is 10.2. The zero-order chi connectivity index (χ0) is 24.7. The first-order chi connectivity index (χ1) is 16.3. The summed E-state index contributed by atoms with van der Waals surface area (Å²) >= 11 is 0. The maximum absolute atomic E-state index is 11.4. The van der Waals surface area contributed by atoms with E-state index in [-0.39, 0.29) is 0 Å². The number of carbonyl (C=O) groups is 3. The van der Waals surface area contributed by atoms with Crippen LogP contribution in [0, 0.1) is 24.7 Å². The summed E-state index contributed by atoms with van der Waals surface area (Å²) in [5.41, 5.74) is 1.96. The van der Waals surface area contributed by atoms with Crippen molar-refractivity contribution in [2.24, 2.45) is 0 Å². The first kappa shape index (κ1) is 23.8. The van der Waals surface area contributed by atoms with Crippen molar-refractivity contribution in [3.8, 4) is 41.9 Å². The van der Waals surface area contributed by atoms with Gasteiger partial charge in [0.2, 0.25) is 0 Å². The van der Waals surface area contributed by atoms with Crippen LogP contribution in [0.25, 0.3) is 0 Å². The fraction of sp³-hybridized carbons (Fsp3) is 0.107. The van der Waals surface area contributed by atoms with Gasteiger partial charge in [0.15, 0.2) is 0 Å². The lowest BCUT2D eigenvalue weighted by atomic mass is 9.71. The molecule has 0 spiro atoms. The largest absolute Gasteiger partial charge is 0.427 e. The van der Waals surface area contributed by atoms with Crippen LogP contribution in [0.2, 0.25) is 0 Å². The molecular weight excluding hydrogens is 432 g/mol. The van der Waals surface area contributed by atoms with Crippen LogP contribution in [0.5, 0.6) is 17.2 Å². The summed E-state index contributed by atoms with van der Waals surface area (Å²) in [5, 5.41) is 0. The SMILES string of the molecule is C#CC(=O)Oc1ccc(C(C)(c2ccc(OC(C)=O)cc2)c2ccc(OC(=O)C#C)cc2)cc1. The van der Waals surface area contributed by atoms with Gasteiger partial charge < -0.3 is 14.2 Å². The molecule has 0 saturated carbocycles. The summed E-state index contributed by atoms with van der Waals surface area (Å²) in [7, 11) is 0. The van der Waals surface area contributed by atoms with Crippen molar-refractivity contribution in [3.05, 3.63) is 89.5 Å². The molecule has 0 atom stereocenters. The van der Waals surface area contributed by atoms with E-state index in [1.54, 1.807) is 36.4 Å². The van der Waals surface area contributed by atoms with Crippen molar-refractivity contribution in [1.29, 1.82) is 0 Å². The van der Waals surface area contributed by atoms with Gasteiger partial charge in [-0.15, -0.1) is 12.8 Å². The topological polar surface area (TPSA) is 78.9 Å². The van der Waals surface area contributed by atoms with E-state index in [9.17, 15) is 14.4 Å². The third-order valence-corrected chi connectivity index (χ3v) is 5.21. The zero-order valence-electron chi connectivity index (χ0n) is 18.5. The third kappa shape index (κ3) is 5.32. The molecule has 0 bridgehead atoms. The van der Waals surface area contributed by atoms with Crippen molar-refractivity contribution in [1.82, 2.24) is 0 Å². The standard InChI is InChI=1S/C28H20O6/c1-5-26(30)33-24-15-9-21(10-16-24)28(4,20-7-13-23(14-8-20)32-19(3)29)22-11-17-25(18-12-22)34-27(31)6-2/h1-2,7-18H,3-4H3. The number of hydrogen-bond acceptors (Lipinski definition) is 6. The fourth-order valence-corrected chi connectivity index (χ4v) is 3.51. The molecule has 0 heterocycles. The van der Waals surface area contributed by atoms with Gasteiger partial charge in [0, 0.05) is 24.2 Å². The lowest BCUT2D eigenvalue weighted by Gasteiger charge is -2.32. The molecule has 34 heavy (non-hydrogen) atoms.